The maximum Gasteiger partial charge on any atom is 0.405 e. The second kappa shape index (κ2) is 6.96. The zero-order valence-corrected chi connectivity index (χ0v) is 11.6. The van der Waals surface area contributed by atoms with Crippen LogP contribution in [0.5, 0.6) is 0 Å². The Morgan fingerprint density at radius 2 is 1.81 bits per heavy atom. The number of hydrogen-bond acceptors (Lipinski definition) is 3. The van der Waals surface area contributed by atoms with Crippen molar-refractivity contribution in [2.45, 2.75) is 6.18 Å². The van der Waals surface area contributed by atoms with E-state index in [2.05, 4.69) is 5.32 Å². The van der Waals surface area contributed by atoms with Crippen LogP contribution in [0.1, 0.15) is 10.4 Å². The maximum absolute atomic E-state index is 12.1. The molecule has 0 heterocycles. The molecule has 8 heteroatoms. The van der Waals surface area contributed by atoms with Gasteiger partial charge in [-0.15, -0.1) is 0 Å². The number of nitrogens with zero attached hydrogens (tertiary/aromatic N) is 1. The Labute approximate surface area is 120 Å². The molecule has 0 saturated heterocycles. The number of likely N-dealkylation sites (N-methyl/N-ethyl adjacent to an activating group) is 1. The SMILES string of the molecule is CN(C)C(=O)CNc1ccccc1C(=O)NCC(F)(F)F. The number of benzene rings is 1. The Kier molecular flexibility index (Phi) is 5.57. The zero-order chi connectivity index (χ0) is 16.0. The molecule has 0 bridgehead atoms. The van der Waals surface area contributed by atoms with Crippen LogP contribution in [0.25, 0.3) is 0 Å². The van der Waals surface area contributed by atoms with E-state index >= 15 is 0 Å². The Hall–Kier alpha value is -2.25. The number of hydrogen-bond donors (Lipinski definition) is 2. The van der Waals surface area contributed by atoms with Crippen LogP contribution in [0.4, 0.5) is 18.9 Å². The number of alkyl halides is 3. The Morgan fingerprint density at radius 3 is 2.38 bits per heavy atom. The molecule has 0 aliphatic rings. The van der Waals surface area contributed by atoms with Gasteiger partial charge in [0.05, 0.1) is 12.1 Å². The summed E-state index contributed by atoms with van der Waals surface area (Å²) in [4.78, 5) is 24.6. The van der Waals surface area contributed by atoms with Gasteiger partial charge in [-0.05, 0) is 12.1 Å². The molecule has 0 fully saturated rings. The van der Waals surface area contributed by atoms with E-state index < -0.39 is 18.6 Å². The summed E-state index contributed by atoms with van der Waals surface area (Å²) in [5, 5.41) is 4.53. The van der Waals surface area contributed by atoms with E-state index in [-0.39, 0.29) is 18.0 Å². The number of rotatable bonds is 5. The average molecular weight is 303 g/mol. The quantitative estimate of drug-likeness (QED) is 0.866. The van der Waals surface area contributed by atoms with Gasteiger partial charge in [-0.2, -0.15) is 13.2 Å². The summed E-state index contributed by atoms with van der Waals surface area (Å²) in [6.07, 6.45) is -4.47. The van der Waals surface area contributed by atoms with Crippen molar-refractivity contribution in [2.75, 3.05) is 32.5 Å². The largest absolute Gasteiger partial charge is 0.405 e. The highest BCUT2D eigenvalue weighted by atomic mass is 19.4. The molecule has 0 spiro atoms. The third-order valence-corrected chi connectivity index (χ3v) is 2.55. The van der Waals surface area contributed by atoms with E-state index in [1.807, 2.05) is 0 Å². The zero-order valence-electron chi connectivity index (χ0n) is 11.6. The molecule has 0 saturated carbocycles. The van der Waals surface area contributed by atoms with Crippen LogP contribution in [0.15, 0.2) is 24.3 Å². The van der Waals surface area contributed by atoms with E-state index in [4.69, 9.17) is 0 Å². The molecule has 1 rings (SSSR count). The summed E-state index contributed by atoms with van der Waals surface area (Å²) in [6, 6.07) is 6.05. The van der Waals surface area contributed by atoms with Crippen LogP contribution in [-0.4, -0.2) is 50.1 Å². The summed E-state index contributed by atoms with van der Waals surface area (Å²) in [5.74, 6) is -1.08. The van der Waals surface area contributed by atoms with Crippen LogP contribution in [0.3, 0.4) is 0 Å². The highest BCUT2D eigenvalue weighted by molar-refractivity contribution is 6.00. The molecular formula is C13H16F3N3O2. The lowest BCUT2D eigenvalue weighted by atomic mass is 10.1. The minimum Gasteiger partial charge on any atom is -0.376 e. The van der Waals surface area contributed by atoms with Crippen molar-refractivity contribution in [1.82, 2.24) is 10.2 Å². The fraction of sp³-hybridized carbons (Fsp3) is 0.385. The molecule has 1 aromatic rings. The molecule has 2 amide bonds. The smallest absolute Gasteiger partial charge is 0.376 e. The molecular weight excluding hydrogens is 287 g/mol. The monoisotopic (exact) mass is 303 g/mol. The lowest BCUT2D eigenvalue weighted by Crippen LogP contribution is -2.34. The van der Waals surface area contributed by atoms with Crippen molar-refractivity contribution in [3.63, 3.8) is 0 Å². The first-order valence-electron chi connectivity index (χ1n) is 6.08. The van der Waals surface area contributed by atoms with Gasteiger partial charge in [0.25, 0.3) is 5.91 Å². The predicted octanol–water partition coefficient (Wildman–Crippen LogP) is 1.48. The average Bonchev–Trinajstić information content (AvgIpc) is 2.41. The molecule has 0 radical (unpaired) electrons. The summed E-state index contributed by atoms with van der Waals surface area (Å²) in [5.41, 5.74) is 0.348. The number of nitrogens with one attached hydrogen (secondary N) is 2. The molecule has 0 aliphatic heterocycles. The van der Waals surface area contributed by atoms with E-state index in [0.29, 0.717) is 5.69 Å². The summed E-state index contributed by atoms with van der Waals surface area (Å²) in [7, 11) is 3.15. The van der Waals surface area contributed by atoms with Gasteiger partial charge in [-0.25, -0.2) is 0 Å². The Morgan fingerprint density at radius 1 is 1.19 bits per heavy atom. The first-order chi connectivity index (χ1) is 9.70. The molecule has 0 atom stereocenters. The van der Waals surface area contributed by atoms with Gasteiger partial charge in [-0.1, -0.05) is 12.1 Å². The summed E-state index contributed by atoms with van der Waals surface area (Å²) < 4.78 is 36.3. The number of carbonyl (C=O) groups is 2. The highest BCUT2D eigenvalue weighted by Crippen LogP contribution is 2.16. The minimum atomic E-state index is -4.47. The number of carbonyl (C=O) groups excluding carboxylic acids is 2. The predicted molar refractivity (Wildman–Crippen MR) is 72.0 cm³/mol. The summed E-state index contributed by atoms with van der Waals surface area (Å²) >= 11 is 0. The molecule has 2 N–H and O–H groups in total. The molecule has 5 nitrogen and oxygen atoms in total. The maximum atomic E-state index is 12.1. The number of anilines is 1. The highest BCUT2D eigenvalue weighted by Gasteiger charge is 2.28. The van der Waals surface area contributed by atoms with E-state index in [1.54, 1.807) is 25.5 Å². The van der Waals surface area contributed by atoms with Gasteiger partial charge in [0.15, 0.2) is 0 Å². The van der Waals surface area contributed by atoms with Crippen LogP contribution < -0.4 is 10.6 Å². The lowest BCUT2D eigenvalue weighted by Gasteiger charge is -2.15. The van der Waals surface area contributed by atoms with Gasteiger partial charge in [0.2, 0.25) is 5.91 Å². The van der Waals surface area contributed by atoms with E-state index in [1.165, 1.54) is 23.1 Å². The third-order valence-electron chi connectivity index (χ3n) is 2.55. The fourth-order valence-corrected chi connectivity index (χ4v) is 1.44. The van der Waals surface area contributed by atoms with Crippen LogP contribution >= 0.6 is 0 Å². The van der Waals surface area contributed by atoms with Gasteiger partial charge in [0.1, 0.15) is 6.54 Å². The van der Waals surface area contributed by atoms with Gasteiger partial charge < -0.3 is 15.5 Å². The van der Waals surface area contributed by atoms with Gasteiger partial charge in [-0.3, -0.25) is 9.59 Å². The third kappa shape index (κ3) is 5.72. The number of halogens is 3. The van der Waals surface area contributed by atoms with E-state index in [0.717, 1.165) is 0 Å². The second-order valence-corrected chi connectivity index (χ2v) is 4.49. The first kappa shape index (κ1) is 16.8. The Bertz CT molecular complexity index is 516. The first-order valence-corrected chi connectivity index (χ1v) is 6.08. The normalized spacial score (nSPS) is 10.9. The van der Waals surface area contributed by atoms with Crippen LogP contribution in [0, 0.1) is 0 Å². The minimum absolute atomic E-state index is 0.0494. The van der Waals surface area contributed by atoms with Crippen molar-refractivity contribution < 1.29 is 22.8 Å². The molecule has 0 aliphatic carbocycles. The van der Waals surface area contributed by atoms with Crippen molar-refractivity contribution in [3.8, 4) is 0 Å². The van der Waals surface area contributed by atoms with Crippen molar-refractivity contribution in [1.29, 1.82) is 0 Å². The van der Waals surface area contributed by atoms with Gasteiger partial charge in [0, 0.05) is 19.8 Å². The molecule has 1 aromatic carbocycles. The van der Waals surface area contributed by atoms with Crippen molar-refractivity contribution >= 4 is 17.5 Å². The molecule has 0 aromatic heterocycles. The lowest BCUT2D eigenvalue weighted by molar-refractivity contribution is -0.126. The van der Waals surface area contributed by atoms with Gasteiger partial charge >= 0.3 is 6.18 Å². The van der Waals surface area contributed by atoms with Crippen molar-refractivity contribution in [2.24, 2.45) is 0 Å². The second-order valence-electron chi connectivity index (χ2n) is 4.49. The number of amides is 2. The molecule has 116 valence electrons. The summed E-state index contributed by atoms with van der Waals surface area (Å²) in [6.45, 7) is -1.46. The molecule has 0 unspecified atom stereocenters. The number of para-hydroxylation sites is 1. The topological polar surface area (TPSA) is 61.4 Å². The molecule has 21 heavy (non-hydrogen) atoms. The Balaban J connectivity index is 2.74. The van der Waals surface area contributed by atoms with Crippen molar-refractivity contribution in [3.05, 3.63) is 29.8 Å². The standard InChI is InChI=1S/C13H16F3N3O2/c1-19(2)11(20)7-17-10-6-4-3-5-9(10)12(21)18-8-13(14,15)16/h3-6,17H,7-8H2,1-2H3,(H,18,21). The fourth-order valence-electron chi connectivity index (χ4n) is 1.44. The van der Waals surface area contributed by atoms with Crippen LogP contribution in [-0.2, 0) is 4.79 Å². The van der Waals surface area contributed by atoms with Crippen LogP contribution in [0.2, 0.25) is 0 Å². The van der Waals surface area contributed by atoms with E-state index in [9.17, 15) is 22.8 Å².